The van der Waals surface area contributed by atoms with Crippen molar-refractivity contribution in [1.29, 1.82) is 0 Å². The second-order valence-corrected chi connectivity index (χ2v) is 5.61. The normalized spacial score (nSPS) is 11.5. The van der Waals surface area contributed by atoms with Gasteiger partial charge < -0.3 is 14.8 Å². The van der Waals surface area contributed by atoms with E-state index in [0.29, 0.717) is 16.3 Å². The summed E-state index contributed by atoms with van der Waals surface area (Å²) >= 11 is 5.76. The molecule has 25 heavy (non-hydrogen) atoms. The van der Waals surface area contributed by atoms with Crippen LogP contribution in [0.5, 0.6) is 5.75 Å². The van der Waals surface area contributed by atoms with Crippen LogP contribution in [0.25, 0.3) is 0 Å². The molecule has 0 aliphatic heterocycles. The first kappa shape index (κ1) is 18.7. The van der Waals surface area contributed by atoms with E-state index < -0.39 is 17.9 Å². The number of halogens is 2. The summed E-state index contributed by atoms with van der Waals surface area (Å²) in [6.07, 6.45) is 0. The molecule has 132 valence electrons. The van der Waals surface area contributed by atoms with Crippen molar-refractivity contribution >= 4 is 23.5 Å². The highest BCUT2D eigenvalue weighted by atomic mass is 35.5. The molecule has 1 atom stereocenters. The Morgan fingerprint density at radius 2 is 1.72 bits per heavy atom. The van der Waals surface area contributed by atoms with Gasteiger partial charge in [-0.15, -0.1) is 0 Å². The number of benzene rings is 2. The third kappa shape index (κ3) is 6.08. The molecule has 0 aliphatic carbocycles. The molecule has 2 aromatic rings. The van der Waals surface area contributed by atoms with Gasteiger partial charge in [0.25, 0.3) is 5.91 Å². The summed E-state index contributed by atoms with van der Waals surface area (Å²) < 4.78 is 23.1. The van der Waals surface area contributed by atoms with Crippen LogP contribution in [0, 0.1) is 5.82 Å². The van der Waals surface area contributed by atoms with Gasteiger partial charge >= 0.3 is 5.97 Å². The lowest BCUT2D eigenvalue weighted by Gasteiger charge is -2.14. The molecular formula is C18H17ClFNO4. The lowest BCUT2D eigenvalue weighted by molar-refractivity contribution is -0.146. The minimum absolute atomic E-state index is 0.0113. The summed E-state index contributed by atoms with van der Waals surface area (Å²) in [6, 6.07) is 11.0. The van der Waals surface area contributed by atoms with Crippen LogP contribution in [0.15, 0.2) is 48.5 Å². The lowest BCUT2D eigenvalue weighted by Crippen LogP contribution is -2.39. The Kier molecular flexibility index (Phi) is 6.77. The van der Waals surface area contributed by atoms with E-state index in [1.165, 1.54) is 31.2 Å². The fraction of sp³-hybridized carbons (Fsp3) is 0.222. The summed E-state index contributed by atoms with van der Waals surface area (Å²) in [7, 11) is 0. The van der Waals surface area contributed by atoms with Crippen molar-refractivity contribution in [3.8, 4) is 5.75 Å². The zero-order chi connectivity index (χ0) is 18.2. The van der Waals surface area contributed by atoms with Gasteiger partial charge in [0.05, 0.1) is 0 Å². The minimum atomic E-state index is -0.811. The number of carbonyl (C=O) groups excluding carboxylic acids is 2. The predicted molar refractivity (Wildman–Crippen MR) is 91.2 cm³/mol. The van der Waals surface area contributed by atoms with E-state index in [-0.39, 0.29) is 19.0 Å². The second-order valence-electron chi connectivity index (χ2n) is 5.17. The fourth-order valence-corrected chi connectivity index (χ4v) is 2.02. The molecule has 2 aromatic carbocycles. The van der Waals surface area contributed by atoms with Crippen LogP contribution in [0.4, 0.5) is 4.39 Å². The predicted octanol–water partition coefficient (Wildman–Crippen LogP) is 3.22. The van der Waals surface area contributed by atoms with Crippen molar-refractivity contribution in [2.75, 3.05) is 13.2 Å². The molecule has 0 radical (unpaired) electrons. The Labute approximate surface area is 149 Å². The summed E-state index contributed by atoms with van der Waals surface area (Å²) in [5.74, 6) is -0.862. The van der Waals surface area contributed by atoms with E-state index in [2.05, 4.69) is 5.32 Å². The SMILES string of the molecule is C[C@H](NC(=O)c1ccc(Cl)cc1)C(=O)OCCOc1ccc(F)cc1. The Bertz CT molecular complexity index is 719. The molecule has 0 saturated heterocycles. The first-order chi connectivity index (χ1) is 12.0. The maximum absolute atomic E-state index is 12.8. The zero-order valence-corrected chi connectivity index (χ0v) is 14.3. The van der Waals surface area contributed by atoms with Gasteiger partial charge in [-0.05, 0) is 55.5 Å². The van der Waals surface area contributed by atoms with Gasteiger partial charge in [-0.3, -0.25) is 4.79 Å². The van der Waals surface area contributed by atoms with E-state index in [9.17, 15) is 14.0 Å². The van der Waals surface area contributed by atoms with Crippen LogP contribution in [-0.4, -0.2) is 31.1 Å². The van der Waals surface area contributed by atoms with Crippen molar-refractivity contribution in [2.45, 2.75) is 13.0 Å². The van der Waals surface area contributed by atoms with Gasteiger partial charge in [-0.1, -0.05) is 11.6 Å². The van der Waals surface area contributed by atoms with Crippen LogP contribution in [-0.2, 0) is 9.53 Å². The van der Waals surface area contributed by atoms with Gasteiger partial charge in [-0.2, -0.15) is 0 Å². The lowest BCUT2D eigenvalue weighted by atomic mass is 10.2. The number of carbonyl (C=O) groups is 2. The zero-order valence-electron chi connectivity index (χ0n) is 13.5. The molecule has 0 bridgehead atoms. The Balaban J connectivity index is 1.71. The summed E-state index contributed by atoms with van der Waals surface area (Å²) in [5, 5.41) is 3.06. The maximum Gasteiger partial charge on any atom is 0.328 e. The number of ether oxygens (including phenoxy) is 2. The van der Waals surface area contributed by atoms with Gasteiger partial charge in [0.15, 0.2) is 0 Å². The number of hydrogen-bond acceptors (Lipinski definition) is 4. The highest BCUT2D eigenvalue weighted by Crippen LogP contribution is 2.11. The number of esters is 1. The van der Waals surface area contributed by atoms with Crippen molar-refractivity contribution in [3.63, 3.8) is 0 Å². The molecule has 0 heterocycles. The number of nitrogens with one attached hydrogen (secondary N) is 1. The van der Waals surface area contributed by atoms with E-state index in [4.69, 9.17) is 21.1 Å². The van der Waals surface area contributed by atoms with E-state index >= 15 is 0 Å². The Morgan fingerprint density at radius 1 is 1.08 bits per heavy atom. The maximum atomic E-state index is 12.8. The van der Waals surface area contributed by atoms with Crippen molar-refractivity contribution in [3.05, 3.63) is 64.9 Å². The monoisotopic (exact) mass is 365 g/mol. The highest BCUT2D eigenvalue weighted by Gasteiger charge is 2.17. The molecular weight excluding hydrogens is 349 g/mol. The van der Waals surface area contributed by atoms with E-state index in [1.807, 2.05) is 0 Å². The molecule has 0 fully saturated rings. The van der Waals surface area contributed by atoms with Crippen LogP contribution in [0.3, 0.4) is 0 Å². The molecule has 0 spiro atoms. The first-order valence-electron chi connectivity index (χ1n) is 7.57. The fourth-order valence-electron chi connectivity index (χ4n) is 1.90. The van der Waals surface area contributed by atoms with Crippen LogP contribution in [0.1, 0.15) is 17.3 Å². The molecule has 1 N–H and O–H groups in total. The third-order valence-electron chi connectivity index (χ3n) is 3.22. The highest BCUT2D eigenvalue weighted by molar-refractivity contribution is 6.30. The molecule has 7 heteroatoms. The molecule has 5 nitrogen and oxygen atoms in total. The largest absolute Gasteiger partial charge is 0.490 e. The standard InChI is InChI=1S/C18H17ClFNO4/c1-12(21-17(22)13-2-4-14(19)5-3-13)18(23)25-11-10-24-16-8-6-15(20)7-9-16/h2-9,12H,10-11H2,1H3,(H,21,22)/t12-/m0/s1. The van der Waals surface area contributed by atoms with Crippen LogP contribution in [0.2, 0.25) is 5.02 Å². The first-order valence-corrected chi connectivity index (χ1v) is 7.95. The summed E-state index contributed by atoms with van der Waals surface area (Å²) in [5.41, 5.74) is 0.392. The average molecular weight is 366 g/mol. The van der Waals surface area contributed by atoms with Gasteiger partial charge in [0, 0.05) is 10.6 Å². The molecule has 0 unspecified atom stereocenters. The number of hydrogen-bond donors (Lipinski definition) is 1. The molecule has 0 aromatic heterocycles. The quantitative estimate of drug-likeness (QED) is 0.604. The van der Waals surface area contributed by atoms with Gasteiger partial charge in [0.1, 0.15) is 30.8 Å². The minimum Gasteiger partial charge on any atom is -0.490 e. The Hall–Kier alpha value is -2.60. The molecule has 0 saturated carbocycles. The summed E-state index contributed by atoms with van der Waals surface area (Å²) in [6.45, 7) is 1.66. The number of amides is 1. The second kappa shape index (κ2) is 9.03. The van der Waals surface area contributed by atoms with Crippen molar-refractivity contribution < 1.29 is 23.5 Å². The van der Waals surface area contributed by atoms with Crippen molar-refractivity contribution in [1.82, 2.24) is 5.32 Å². The molecule has 1 amide bonds. The van der Waals surface area contributed by atoms with E-state index in [1.54, 1.807) is 24.3 Å². The average Bonchev–Trinajstić information content (AvgIpc) is 2.60. The smallest absolute Gasteiger partial charge is 0.328 e. The van der Waals surface area contributed by atoms with E-state index in [0.717, 1.165) is 0 Å². The van der Waals surface area contributed by atoms with Crippen molar-refractivity contribution in [2.24, 2.45) is 0 Å². The van der Waals surface area contributed by atoms with Crippen LogP contribution < -0.4 is 10.1 Å². The van der Waals surface area contributed by atoms with Gasteiger partial charge in [0.2, 0.25) is 0 Å². The topological polar surface area (TPSA) is 64.6 Å². The van der Waals surface area contributed by atoms with Crippen LogP contribution >= 0.6 is 11.6 Å². The number of rotatable bonds is 7. The molecule has 0 aliphatic rings. The van der Waals surface area contributed by atoms with Gasteiger partial charge in [-0.25, -0.2) is 9.18 Å². The third-order valence-corrected chi connectivity index (χ3v) is 3.47. The summed E-state index contributed by atoms with van der Waals surface area (Å²) in [4.78, 5) is 23.9. The molecule has 2 rings (SSSR count). The Morgan fingerprint density at radius 3 is 2.36 bits per heavy atom.